The van der Waals surface area contributed by atoms with Crippen molar-refractivity contribution in [1.29, 1.82) is 0 Å². The fourth-order valence-electron chi connectivity index (χ4n) is 1.68. The number of benzene rings is 1. The van der Waals surface area contributed by atoms with Crippen LogP contribution in [0.3, 0.4) is 0 Å². The Morgan fingerprint density at radius 3 is 2.26 bits per heavy atom. The molecule has 1 aromatic carbocycles. The van der Waals surface area contributed by atoms with E-state index in [1.54, 1.807) is 32.9 Å². The highest BCUT2D eigenvalue weighted by Gasteiger charge is 2.21. The van der Waals surface area contributed by atoms with Crippen LogP contribution in [0, 0.1) is 6.92 Å². The molecule has 0 spiro atoms. The Morgan fingerprint density at radius 1 is 1.22 bits per heavy atom. The maximum atomic E-state index is 12.1. The van der Waals surface area contributed by atoms with Crippen LogP contribution in [0.25, 0.3) is 0 Å². The number of aryl methyl sites for hydroxylation is 1. The monoisotopic (exact) mass is 343 g/mol. The van der Waals surface area contributed by atoms with E-state index in [4.69, 9.17) is 8.92 Å². The van der Waals surface area contributed by atoms with Gasteiger partial charge in [-0.15, -0.1) is 0 Å². The van der Waals surface area contributed by atoms with Crippen LogP contribution in [0.2, 0.25) is 0 Å². The van der Waals surface area contributed by atoms with Gasteiger partial charge >= 0.3 is 6.09 Å². The van der Waals surface area contributed by atoms with Gasteiger partial charge in [-0.05, 0) is 46.2 Å². The van der Waals surface area contributed by atoms with Crippen molar-refractivity contribution in [3.05, 3.63) is 29.8 Å². The Morgan fingerprint density at radius 2 is 1.78 bits per heavy atom. The van der Waals surface area contributed by atoms with Crippen molar-refractivity contribution in [2.75, 3.05) is 6.61 Å². The summed E-state index contributed by atoms with van der Waals surface area (Å²) < 4.78 is 34.4. The maximum absolute atomic E-state index is 12.1. The fourth-order valence-corrected chi connectivity index (χ4v) is 2.63. The summed E-state index contributed by atoms with van der Waals surface area (Å²) >= 11 is 0. The van der Waals surface area contributed by atoms with Crippen LogP contribution in [0.15, 0.2) is 29.2 Å². The predicted molar refractivity (Wildman–Crippen MR) is 87.8 cm³/mol. The van der Waals surface area contributed by atoms with Gasteiger partial charge in [0.1, 0.15) is 5.60 Å². The lowest BCUT2D eigenvalue weighted by Gasteiger charge is -2.23. The second-order valence-electron chi connectivity index (χ2n) is 6.30. The number of nitrogens with one attached hydrogen (secondary N) is 1. The minimum absolute atomic E-state index is 0.0928. The summed E-state index contributed by atoms with van der Waals surface area (Å²) in [5, 5.41) is 2.61. The molecule has 7 heteroatoms. The number of rotatable bonds is 6. The van der Waals surface area contributed by atoms with Crippen LogP contribution in [-0.2, 0) is 19.0 Å². The normalized spacial score (nSPS) is 13.4. The number of alkyl carbamates (subject to hydrolysis) is 1. The first-order chi connectivity index (χ1) is 10.5. The van der Waals surface area contributed by atoms with Gasteiger partial charge < -0.3 is 10.1 Å². The summed E-state index contributed by atoms with van der Waals surface area (Å²) in [6.45, 7) is 8.81. The molecule has 6 nitrogen and oxygen atoms in total. The number of hydrogen-bond donors (Lipinski definition) is 1. The van der Waals surface area contributed by atoms with Gasteiger partial charge in [0.15, 0.2) is 0 Å². The second kappa shape index (κ2) is 7.79. The largest absolute Gasteiger partial charge is 0.444 e. The van der Waals surface area contributed by atoms with Crippen LogP contribution >= 0.6 is 0 Å². The van der Waals surface area contributed by atoms with E-state index < -0.39 is 27.9 Å². The molecule has 1 unspecified atom stereocenters. The molecule has 0 aromatic heterocycles. The highest BCUT2D eigenvalue weighted by atomic mass is 32.2. The lowest BCUT2D eigenvalue weighted by molar-refractivity contribution is 0.0486. The molecule has 1 atom stereocenters. The van der Waals surface area contributed by atoms with Gasteiger partial charge in [0.25, 0.3) is 10.1 Å². The van der Waals surface area contributed by atoms with Crippen molar-refractivity contribution in [1.82, 2.24) is 5.32 Å². The average molecular weight is 343 g/mol. The summed E-state index contributed by atoms with van der Waals surface area (Å²) in [6, 6.07) is 5.93. The van der Waals surface area contributed by atoms with Crippen LogP contribution in [0.4, 0.5) is 4.79 Å². The van der Waals surface area contributed by atoms with Crippen LogP contribution in [-0.4, -0.2) is 32.8 Å². The Labute approximate surface area is 138 Å². The third kappa shape index (κ3) is 7.00. The molecule has 0 aliphatic carbocycles. The second-order valence-corrected chi connectivity index (χ2v) is 7.92. The van der Waals surface area contributed by atoms with Gasteiger partial charge in [0.2, 0.25) is 0 Å². The minimum atomic E-state index is -3.85. The van der Waals surface area contributed by atoms with Crippen LogP contribution in [0.1, 0.15) is 39.7 Å². The van der Waals surface area contributed by atoms with Gasteiger partial charge in [0.05, 0.1) is 17.5 Å². The summed E-state index contributed by atoms with van der Waals surface area (Å²) in [5.41, 5.74) is 0.346. The van der Waals surface area contributed by atoms with Crippen LogP contribution in [0.5, 0.6) is 0 Å². The van der Waals surface area contributed by atoms with Gasteiger partial charge in [-0.1, -0.05) is 24.6 Å². The van der Waals surface area contributed by atoms with Crippen molar-refractivity contribution in [2.45, 2.75) is 57.6 Å². The number of carbonyl (C=O) groups excluding carboxylic acids is 1. The standard InChI is InChI=1S/C16H25NO5S/c1-6-13(17-15(18)22-16(3,4)5)11-21-23(19,20)14-9-7-12(2)8-10-14/h7-10,13H,6,11H2,1-5H3,(H,17,18). The smallest absolute Gasteiger partial charge is 0.407 e. The van der Waals surface area contributed by atoms with E-state index in [2.05, 4.69) is 5.32 Å². The number of hydrogen-bond acceptors (Lipinski definition) is 5. The highest BCUT2D eigenvalue weighted by Crippen LogP contribution is 2.14. The fraction of sp³-hybridized carbons (Fsp3) is 0.562. The van der Waals surface area contributed by atoms with E-state index in [0.717, 1.165) is 5.56 Å². The third-order valence-electron chi connectivity index (χ3n) is 2.95. The molecule has 0 saturated carbocycles. The molecule has 1 N–H and O–H groups in total. The molecule has 1 amide bonds. The molecule has 0 aliphatic heterocycles. The van der Waals surface area contributed by atoms with Crippen molar-refractivity contribution in [2.24, 2.45) is 0 Å². The van der Waals surface area contributed by atoms with Gasteiger partial charge in [0, 0.05) is 0 Å². The summed E-state index contributed by atoms with van der Waals surface area (Å²) in [7, 11) is -3.85. The first kappa shape index (κ1) is 19.4. The highest BCUT2D eigenvalue weighted by molar-refractivity contribution is 7.86. The maximum Gasteiger partial charge on any atom is 0.407 e. The lowest BCUT2D eigenvalue weighted by Crippen LogP contribution is -2.41. The molecular weight excluding hydrogens is 318 g/mol. The van der Waals surface area contributed by atoms with Gasteiger partial charge in [-0.2, -0.15) is 8.42 Å². The SMILES string of the molecule is CCC(COS(=O)(=O)c1ccc(C)cc1)NC(=O)OC(C)(C)C. The molecule has 1 aromatic rings. The molecule has 0 bridgehead atoms. The summed E-state index contributed by atoms with van der Waals surface area (Å²) in [5.74, 6) is 0. The van der Waals surface area contributed by atoms with Crippen molar-refractivity contribution >= 4 is 16.2 Å². The molecule has 0 heterocycles. The Kier molecular flexibility index (Phi) is 6.58. The number of ether oxygens (including phenoxy) is 1. The molecule has 130 valence electrons. The van der Waals surface area contributed by atoms with E-state index in [9.17, 15) is 13.2 Å². The molecular formula is C16H25NO5S. The van der Waals surface area contributed by atoms with Crippen molar-refractivity contribution < 1.29 is 22.1 Å². The number of amides is 1. The van der Waals surface area contributed by atoms with E-state index in [0.29, 0.717) is 6.42 Å². The quantitative estimate of drug-likeness (QED) is 0.803. The van der Waals surface area contributed by atoms with E-state index in [1.807, 2.05) is 13.8 Å². The molecule has 0 aliphatic rings. The average Bonchev–Trinajstić information content (AvgIpc) is 2.42. The molecule has 1 rings (SSSR count). The predicted octanol–water partition coefficient (Wildman–Crippen LogP) is 3.00. The third-order valence-corrected chi connectivity index (χ3v) is 4.24. The van der Waals surface area contributed by atoms with Crippen molar-refractivity contribution in [3.8, 4) is 0 Å². The molecule has 23 heavy (non-hydrogen) atoms. The van der Waals surface area contributed by atoms with Crippen LogP contribution < -0.4 is 5.32 Å². The Bertz CT molecular complexity index is 617. The lowest BCUT2D eigenvalue weighted by atomic mass is 10.2. The van der Waals surface area contributed by atoms with Crippen molar-refractivity contribution in [3.63, 3.8) is 0 Å². The van der Waals surface area contributed by atoms with Gasteiger partial charge in [-0.3, -0.25) is 4.18 Å². The molecule has 0 radical (unpaired) electrons. The summed E-state index contributed by atoms with van der Waals surface area (Å²) in [6.07, 6.45) is -0.0801. The zero-order chi connectivity index (χ0) is 17.7. The molecule has 0 fully saturated rings. The van der Waals surface area contributed by atoms with E-state index >= 15 is 0 Å². The first-order valence-electron chi connectivity index (χ1n) is 7.49. The first-order valence-corrected chi connectivity index (χ1v) is 8.90. The topological polar surface area (TPSA) is 81.7 Å². The van der Waals surface area contributed by atoms with Gasteiger partial charge in [-0.25, -0.2) is 4.79 Å². The Balaban J connectivity index is 2.63. The molecule has 0 saturated heterocycles. The number of carbonyl (C=O) groups is 1. The summed E-state index contributed by atoms with van der Waals surface area (Å²) in [4.78, 5) is 11.8. The van der Waals surface area contributed by atoms with E-state index in [-0.39, 0.29) is 11.5 Å². The van der Waals surface area contributed by atoms with E-state index in [1.165, 1.54) is 12.1 Å². The minimum Gasteiger partial charge on any atom is -0.444 e. The Hall–Kier alpha value is -1.60. The zero-order valence-electron chi connectivity index (χ0n) is 14.3. The zero-order valence-corrected chi connectivity index (χ0v) is 15.1.